The van der Waals surface area contributed by atoms with Gasteiger partial charge in [0.1, 0.15) is 5.75 Å². The van der Waals surface area contributed by atoms with Gasteiger partial charge in [-0.25, -0.2) is 0 Å². The van der Waals surface area contributed by atoms with E-state index < -0.39 is 0 Å². The van der Waals surface area contributed by atoms with Gasteiger partial charge in [0.2, 0.25) is 0 Å². The zero-order valence-electron chi connectivity index (χ0n) is 13.0. The lowest BCUT2D eigenvalue weighted by Gasteiger charge is -2.22. The van der Waals surface area contributed by atoms with Gasteiger partial charge in [-0.15, -0.1) is 0 Å². The van der Waals surface area contributed by atoms with Crippen molar-refractivity contribution in [3.8, 4) is 5.75 Å². The number of nitrogens with one attached hydrogen (secondary N) is 1. The van der Waals surface area contributed by atoms with Crippen LogP contribution in [0.5, 0.6) is 5.75 Å². The highest BCUT2D eigenvalue weighted by Crippen LogP contribution is 2.35. The Labute approximate surface area is 126 Å². The molecule has 2 heteroatoms. The van der Waals surface area contributed by atoms with Crippen LogP contribution in [0, 0.1) is 13.8 Å². The van der Waals surface area contributed by atoms with Crippen molar-refractivity contribution in [3.05, 3.63) is 64.2 Å². The largest absolute Gasteiger partial charge is 0.508 e. The lowest BCUT2D eigenvalue weighted by molar-refractivity contribution is 0.463. The summed E-state index contributed by atoms with van der Waals surface area (Å²) in [6.07, 6.45) is 2.15. The summed E-state index contributed by atoms with van der Waals surface area (Å²) in [6.45, 7) is 6.55. The van der Waals surface area contributed by atoms with Crippen molar-refractivity contribution < 1.29 is 5.11 Å². The standard InChI is InChI=1S/C19H23NO/c1-12-4-5-13(2)18(10-12)14(3)20-19-9-6-15-11-16(21)7-8-17(15)19/h4-5,7-8,10-11,14,19-21H,6,9H2,1-3H3. The van der Waals surface area contributed by atoms with Crippen LogP contribution in [0.25, 0.3) is 0 Å². The van der Waals surface area contributed by atoms with Crippen LogP contribution < -0.4 is 5.32 Å². The molecule has 0 radical (unpaired) electrons. The molecule has 0 spiro atoms. The summed E-state index contributed by atoms with van der Waals surface area (Å²) in [5.41, 5.74) is 6.64. The second-order valence-corrected chi connectivity index (χ2v) is 6.22. The number of aromatic hydroxyl groups is 1. The Balaban J connectivity index is 1.81. The van der Waals surface area contributed by atoms with Crippen LogP contribution in [0.1, 0.15) is 53.2 Å². The van der Waals surface area contributed by atoms with Crippen LogP contribution in [0.2, 0.25) is 0 Å². The fourth-order valence-corrected chi connectivity index (χ4v) is 3.40. The van der Waals surface area contributed by atoms with Crippen molar-refractivity contribution in [3.63, 3.8) is 0 Å². The van der Waals surface area contributed by atoms with Crippen molar-refractivity contribution >= 4 is 0 Å². The third-order valence-electron chi connectivity index (χ3n) is 4.56. The van der Waals surface area contributed by atoms with Crippen LogP contribution in [0.3, 0.4) is 0 Å². The highest BCUT2D eigenvalue weighted by Gasteiger charge is 2.24. The molecular formula is C19H23NO. The molecule has 3 rings (SSSR count). The second kappa shape index (κ2) is 5.53. The first-order valence-electron chi connectivity index (χ1n) is 7.69. The number of phenolic OH excluding ortho intramolecular Hbond substituents is 1. The van der Waals surface area contributed by atoms with E-state index in [2.05, 4.69) is 50.4 Å². The summed E-state index contributed by atoms with van der Waals surface area (Å²) in [5.74, 6) is 0.372. The molecule has 0 saturated carbocycles. The normalized spacial score (nSPS) is 18.5. The first kappa shape index (κ1) is 14.2. The van der Waals surface area contributed by atoms with Crippen LogP contribution in [-0.2, 0) is 6.42 Å². The fraction of sp³-hybridized carbons (Fsp3) is 0.368. The maximum Gasteiger partial charge on any atom is 0.115 e. The molecule has 110 valence electrons. The van der Waals surface area contributed by atoms with E-state index >= 15 is 0 Å². The number of hydrogen-bond donors (Lipinski definition) is 2. The zero-order chi connectivity index (χ0) is 15.0. The van der Waals surface area contributed by atoms with Crippen LogP contribution >= 0.6 is 0 Å². The minimum absolute atomic E-state index is 0.328. The lowest BCUT2D eigenvalue weighted by atomic mass is 9.98. The first-order valence-corrected chi connectivity index (χ1v) is 7.69. The number of fused-ring (bicyclic) bond motifs is 1. The molecule has 0 aliphatic heterocycles. The first-order chi connectivity index (χ1) is 10.0. The molecule has 0 saturated heterocycles. The SMILES string of the molecule is Cc1ccc(C)c(C(C)NC2CCc3cc(O)ccc32)c1. The fourth-order valence-electron chi connectivity index (χ4n) is 3.40. The topological polar surface area (TPSA) is 32.3 Å². The molecule has 0 fully saturated rings. The van der Waals surface area contributed by atoms with E-state index in [0.29, 0.717) is 17.8 Å². The van der Waals surface area contributed by atoms with E-state index in [0.717, 1.165) is 12.8 Å². The Bertz CT molecular complexity index is 663. The average Bonchev–Trinajstić information content (AvgIpc) is 2.83. The zero-order valence-corrected chi connectivity index (χ0v) is 13.0. The number of phenols is 1. The molecule has 2 N–H and O–H groups in total. The maximum atomic E-state index is 9.59. The Morgan fingerprint density at radius 1 is 1.14 bits per heavy atom. The van der Waals surface area contributed by atoms with Crippen LogP contribution in [-0.4, -0.2) is 5.11 Å². The van der Waals surface area contributed by atoms with Gasteiger partial charge in [0, 0.05) is 12.1 Å². The van der Waals surface area contributed by atoms with E-state index in [4.69, 9.17) is 0 Å². The van der Waals surface area contributed by atoms with Crippen molar-refractivity contribution in [2.24, 2.45) is 0 Å². The lowest BCUT2D eigenvalue weighted by Crippen LogP contribution is -2.23. The van der Waals surface area contributed by atoms with Crippen LogP contribution in [0.15, 0.2) is 36.4 Å². The highest BCUT2D eigenvalue weighted by atomic mass is 16.3. The van der Waals surface area contributed by atoms with E-state index in [-0.39, 0.29) is 0 Å². The number of benzene rings is 2. The summed E-state index contributed by atoms with van der Waals surface area (Å²) in [5, 5.41) is 13.3. The molecule has 0 heterocycles. The van der Waals surface area contributed by atoms with Crippen molar-refractivity contribution in [1.82, 2.24) is 5.32 Å². The monoisotopic (exact) mass is 281 g/mol. The number of hydrogen-bond acceptors (Lipinski definition) is 2. The molecule has 2 unspecified atom stereocenters. The summed E-state index contributed by atoms with van der Waals surface area (Å²) in [4.78, 5) is 0. The maximum absolute atomic E-state index is 9.59. The van der Waals surface area contributed by atoms with E-state index in [1.807, 2.05) is 6.07 Å². The molecule has 0 amide bonds. The Kier molecular flexibility index (Phi) is 3.73. The van der Waals surface area contributed by atoms with Gasteiger partial charge in [-0.2, -0.15) is 0 Å². The minimum Gasteiger partial charge on any atom is -0.508 e. The van der Waals surface area contributed by atoms with Gasteiger partial charge in [-0.05, 0) is 68.0 Å². The second-order valence-electron chi connectivity index (χ2n) is 6.22. The van der Waals surface area contributed by atoms with Crippen molar-refractivity contribution in [2.45, 2.75) is 45.7 Å². The predicted octanol–water partition coefficient (Wildman–Crippen LogP) is 4.35. The van der Waals surface area contributed by atoms with E-state index in [1.165, 1.54) is 27.8 Å². The average molecular weight is 281 g/mol. The molecule has 0 bridgehead atoms. The highest BCUT2D eigenvalue weighted by molar-refractivity contribution is 5.40. The molecule has 2 atom stereocenters. The molecular weight excluding hydrogens is 258 g/mol. The van der Waals surface area contributed by atoms with Gasteiger partial charge in [-0.3, -0.25) is 0 Å². The van der Waals surface area contributed by atoms with Gasteiger partial charge >= 0.3 is 0 Å². The Morgan fingerprint density at radius 2 is 1.95 bits per heavy atom. The third kappa shape index (κ3) is 2.81. The number of aryl methyl sites for hydroxylation is 3. The van der Waals surface area contributed by atoms with Gasteiger partial charge in [-0.1, -0.05) is 29.8 Å². The van der Waals surface area contributed by atoms with Gasteiger partial charge < -0.3 is 10.4 Å². The predicted molar refractivity (Wildman–Crippen MR) is 86.6 cm³/mol. The number of rotatable bonds is 3. The van der Waals surface area contributed by atoms with E-state index in [9.17, 15) is 5.11 Å². The Morgan fingerprint density at radius 3 is 2.76 bits per heavy atom. The molecule has 2 aromatic rings. The van der Waals surface area contributed by atoms with Gasteiger partial charge in [0.15, 0.2) is 0 Å². The summed E-state index contributed by atoms with van der Waals surface area (Å²) >= 11 is 0. The quantitative estimate of drug-likeness (QED) is 0.876. The minimum atomic E-state index is 0.328. The van der Waals surface area contributed by atoms with Gasteiger partial charge in [0.05, 0.1) is 0 Å². The molecule has 1 aliphatic carbocycles. The van der Waals surface area contributed by atoms with Crippen LogP contribution in [0.4, 0.5) is 0 Å². The molecule has 1 aliphatic rings. The molecule has 21 heavy (non-hydrogen) atoms. The van der Waals surface area contributed by atoms with Crippen molar-refractivity contribution in [2.75, 3.05) is 0 Å². The summed E-state index contributed by atoms with van der Waals surface area (Å²) in [7, 11) is 0. The molecule has 2 nitrogen and oxygen atoms in total. The third-order valence-corrected chi connectivity index (χ3v) is 4.56. The Hall–Kier alpha value is -1.80. The van der Waals surface area contributed by atoms with Gasteiger partial charge in [0.25, 0.3) is 0 Å². The van der Waals surface area contributed by atoms with Crippen molar-refractivity contribution in [1.29, 1.82) is 0 Å². The molecule has 0 aromatic heterocycles. The summed E-state index contributed by atoms with van der Waals surface area (Å²) in [6, 6.07) is 13.1. The molecule has 2 aromatic carbocycles. The van der Waals surface area contributed by atoms with E-state index in [1.54, 1.807) is 6.07 Å². The smallest absolute Gasteiger partial charge is 0.115 e. The summed E-state index contributed by atoms with van der Waals surface area (Å²) < 4.78 is 0.